The lowest BCUT2D eigenvalue weighted by Crippen LogP contribution is -2.44. The number of nitrogens with zero attached hydrogens (tertiary/aromatic N) is 2. The van der Waals surface area contributed by atoms with E-state index in [2.05, 4.69) is 10.1 Å². The molecule has 3 rings (SSSR count). The SMILES string of the molecule is NC1(c2noc(-c3sccc3SC(F)F)n2)CCC1. The third-order valence-electron chi connectivity index (χ3n) is 3.16. The lowest BCUT2D eigenvalue weighted by molar-refractivity contribution is 0.229. The van der Waals surface area contributed by atoms with Gasteiger partial charge in [-0.25, -0.2) is 0 Å². The van der Waals surface area contributed by atoms with E-state index in [0.29, 0.717) is 27.4 Å². The van der Waals surface area contributed by atoms with Crippen molar-refractivity contribution in [2.24, 2.45) is 5.73 Å². The fraction of sp³-hybridized carbons (Fsp3) is 0.455. The van der Waals surface area contributed by atoms with Crippen LogP contribution in [0.5, 0.6) is 0 Å². The average molecular weight is 303 g/mol. The monoisotopic (exact) mass is 303 g/mol. The molecule has 8 heteroatoms. The molecule has 1 fully saturated rings. The van der Waals surface area contributed by atoms with Gasteiger partial charge in [0, 0.05) is 4.90 Å². The summed E-state index contributed by atoms with van der Waals surface area (Å²) in [5, 5.41) is 5.61. The number of thiophene rings is 1. The Morgan fingerprint density at radius 1 is 1.47 bits per heavy atom. The largest absolute Gasteiger partial charge is 0.333 e. The summed E-state index contributed by atoms with van der Waals surface area (Å²) in [4.78, 5) is 5.29. The number of rotatable bonds is 4. The van der Waals surface area contributed by atoms with Crippen molar-refractivity contribution in [2.75, 3.05) is 0 Å². The molecule has 0 aliphatic heterocycles. The highest BCUT2D eigenvalue weighted by atomic mass is 32.2. The molecule has 1 aliphatic carbocycles. The normalized spacial score (nSPS) is 17.7. The number of hydrogen-bond donors (Lipinski definition) is 1. The highest BCUT2D eigenvalue weighted by molar-refractivity contribution is 7.99. The third kappa shape index (κ3) is 2.39. The van der Waals surface area contributed by atoms with Gasteiger partial charge in [0.05, 0.1) is 5.54 Å². The molecular weight excluding hydrogens is 292 g/mol. The molecule has 0 aromatic carbocycles. The summed E-state index contributed by atoms with van der Waals surface area (Å²) in [5.41, 5.74) is 5.60. The Morgan fingerprint density at radius 3 is 2.89 bits per heavy atom. The van der Waals surface area contributed by atoms with E-state index in [9.17, 15) is 8.78 Å². The van der Waals surface area contributed by atoms with Gasteiger partial charge >= 0.3 is 0 Å². The molecule has 19 heavy (non-hydrogen) atoms. The molecule has 1 aliphatic rings. The van der Waals surface area contributed by atoms with Gasteiger partial charge in [0.1, 0.15) is 4.88 Å². The maximum atomic E-state index is 12.4. The maximum Gasteiger partial charge on any atom is 0.288 e. The number of alkyl halides is 2. The summed E-state index contributed by atoms with van der Waals surface area (Å²) >= 11 is 1.78. The van der Waals surface area contributed by atoms with Crippen molar-refractivity contribution in [1.82, 2.24) is 10.1 Å². The molecule has 2 heterocycles. The van der Waals surface area contributed by atoms with E-state index >= 15 is 0 Å². The molecule has 0 amide bonds. The lowest BCUT2D eigenvalue weighted by Gasteiger charge is -2.34. The Morgan fingerprint density at radius 2 is 2.26 bits per heavy atom. The van der Waals surface area contributed by atoms with E-state index in [4.69, 9.17) is 10.3 Å². The van der Waals surface area contributed by atoms with Gasteiger partial charge in [-0.3, -0.25) is 0 Å². The van der Waals surface area contributed by atoms with Crippen LogP contribution in [-0.4, -0.2) is 15.9 Å². The van der Waals surface area contributed by atoms with E-state index in [1.54, 1.807) is 11.4 Å². The fourth-order valence-electron chi connectivity index (χ4n) is 1.94. The molecule has 102 valence electrons. The molecule has 2 aromatic rings. The number of hydrogen-bond acceptors (Lipinski definition) is 6. The minimum atomic E-state index is -2.47. The first kappa shape index (κ1) is 13.0. The van der Waals surface area contributed by atoms with Crippen LogP contribution in [0.25, 0.3) is 10.8 Å². The van der Waals surface area contributed by atoms with Crippen LogP contribution >= 0.6 is 23.1 Å². The summed E-state index contributed by atoms with van der Waals surface area (Å²) in [6, 6.07) is 1.63. The second kappa shape index (κ2) is 4.84. The second-order valence-corrected chi connectivity index (χ2v) is 6.37. The van der Waals surface area contributed by atoms with Gasteiger partial charge in [-0.1, -0.05) is 16.9 Å². The molecule has 0 bridgehead atoms. The summed E-state index contributed by atoms with van der Waals surface area (Å²) in [5.74, 6) is -1.73. The minimum Gasteiger partial charge on any atom is -0.333 e. The molecule has 2 aromatic heterocycles. The molecule has 0 radical (unpaired) electrons. The average Bonchev–Trinajstić information content (AvgIpc) is 2.93. The molecular formula is C11H11F2N3OS2. The summed E-state index contributed by atoms with van der Waals surface area (Å²) in [7, 11) is 0. The van der Waals surface area contributed by atoms with Gasteiger partial charge in [0.25, 0.3) is 11.6 Å². The van der Waals surface area contributed by atoms with Crippen LogP contribution in [0, 0.1) is 0 Å². The van der Waals surface area contributed by atoms with E-state index < -0.39 is 11.3 Å². The van der Waals surface area contributed by atoms with Crippen molar-refractivity contribution in [1.29, 1.82) is 0 Å². The van der Waals surface area contributed by atoms with Gasteiger partial charge in [-0.2, -0.15) is 13.8 Å². The smallest absolute Gasteiger partial charge is 0.288 e. The van der Waals surface area contributed by atoms with Crippen LogP contribution in [0.15, 0.2) is 20.9 Å². The molecule has 0 saturated heterocycles. The van der Waals surface area contributed by atoms with Crippen molar-refractivity contribution < 1.29 is 13.3 Å². The molecule has 0 atom stereocenters. The zero-order chi connectivity index (χ0) is 13.5. The first-order valence-corrected chi connectivity index (χ1v) is 7.50. The zero-order valence-corrected chi connectivity index (χ0v) is 11.4. The second-order valence-electron chi connectivity index (χ2n) is 4.43. The van der Waals surface area contributed by atoms with Gasteiger partial charge < -0.3 is 10.3 Å². The Kier molecular flexibility index (Phi) is 3.32. The van der Waals surface area contributed by atoms with Crippen molar-refractivity contribution in [3.05, 3.63) is 17.3 Å². The maximum absolute atomic E-state index is 12.4. The van der Waals surface area contributed by atoms with E-state index in [-0.39, 0.29) is 5.89 Å². The van der Waals surface area contributed by atoms with Crippen LogP contribution in [0.3, 0.4) is 0 Å². The van der Waals surface area contributed by atoms with Crippen molar-refractivity contribution in [2.45, 2.75) is 35.5 Å². The van der Waals surface area contributed by atoms with E-state index in [0.717, 1.165) is 19.3 Å². The third-order valence-corrected chi connectivity index (χ3v) is 4.96. The molecule has 1 saturated carbocycles. The van der Waals surface area contributed by atoms with Gasteiger partial charge in [0.2, 0.25) is 0 Å². The number of nitrogens with two attached hydrogens (primary N) is 1. The Balaban J connectivity index is 1.88. The lowest BCUT2D eigenvalue weighted by atomic mass is 9.77. The number of halogens is 2. The topological polar surface area (TPSA) is 64.9 Å². The Hall–Kier alpha value is -0.990. The molecule has 0 spiro atoms. The first-order chi connectivity index (χ1) is 9.08. The highest BCUT2D eigenvalue weighted by Crippen LogP contribution is 2.41. The summed E-state index contributed by atoms with van der Waals surface area (Å²) in [6.07, 6.45) is 2.70. The summed E-state index contributed by atoms with van der Waals surface area (Å²) in [6.45, 7) is 0. The highest BCUT2D eigenvalue weighted by Gasteiger charge is 2.39. The number of thioether (sulfide) groups is 1. The quantitative estimate of drug-likeness (QED) is 0.876. The van der Waals surface area contributed by atoms with Gasteiger partial charge in [-0.15, -0.1) is 11.3 Å². The molecule has 0 unspecified atom stereocenters. The fourth-order valence-corrected chi connectivity index (χ4v) is 3.56. The van der Waals surface area contributed by atoms with Crippen molar-refractivity contribution in [3.8, 4) is 10.8 Å². The predicted octanol–water partition coefficient (Wildman–Crippen LogP) is 3.45. The summed E-state index contributed by atoms with van der Waals surface area (Å²) < 4.78 is 30.0. The minimum absolute atomic E-state index is 0.268. The number of aromatic nitrogens is 2. The van der Waals surface area contributed by atoms with Crippen LogP contribution in [0.2, 0.25) is 0 Å². The van der Waals surface area contributed by atoms with E-state index in [1.165, 1.54) is 11.3 Å². The Bertz CT molecular complexity index is 580. The van der Waals surface area contributed by atoms with E-state index in [1.807, 2.05) is 0 Å². The van der Waals surface area contributed by atoms with Crippen molar-refractivity contribution in [3.63, 3.8) is 0 Å². The van der Waals surface area contributed by atoms with Crippen LogP contribution in [0.1, 0.15) is 25.1 Å². The van der Waals surface area contributed by atoms with Gasteiger partial charge in [0.15, 0.2) is 5.82 Å². The van der Waals surface area contributed by atoms with Crippen LogP contribution in [-0.2, 0) is 5.54 Å². The molecule has 4 nitrogen and oxygen atoms in total. The molecule has 2 N–H and O–H groups in total. The first-order valence-electron chi connectivity index (χ1n) is 5.74. The predicted molar refractivity (Wildman–Crippen MR) is 69.2 cm³/mol. The zero-order valence-electron chi connectivity index (χ0n) is 9.81. The van der Waals surface area contributed by atoms with Crippen LogP contribution in [0.4, 0.5) is 8.78 Å². The van der Waals surface area contributed by atoms with Crippen LogP contribution < -0.4 is 5.73 Å². The Labute approximate surface area is 116 Å². The standard InChI is InChI=1S/C11H11F2N3OS2/c12-10(13)19-6-2-5-18-7(6)8-15-9(16-17-8)11(14)3-1-4-11/h2,5,10H,1,3-4,14H2. The van der Waals surface area contributed by atoms with Gasteiger partial charge in [-0.05, 0) is 30.7 Å². The van der Waals surface area contributed by atoms with Crippen molar-refractivity contribution >= 4 is 23.1 Å².